The summed E-state index contributed by atoms with van der Waals surface area (Å²) >= 11 is 3.29. The number of rotatable bonds is 5. The van der Waals surface area contributed by atoms with E-state index in [0.29, 0.717) is 6.54 Å². The van der Waals surface area contributed by atoms with Crippen molar-refractivity contribution in [3.05, 3.63) is 69.2 Å². The number of benzene rings is 1. The number of hydrogen-bond donors (Lipinski definition) is 1. The zero-order valence-corrected chi connectivity index (χ0v) is 14.0. The Balaban J connectivity index is 1.59. The van der Waals surface area contributed by atoms with E-state index < -0.39 is 0 Å². The smallest absolute Gasteiger partial charge is 0.261 e. The zero-order valence-electron chi connectivity index (χ0n) is 12.3. The van der Waals surface area contributed by atoms with Crippen molar-refractivity contribution in [2.24, 2.45) is 0 Å². The Hall–Kier alpha value is -1.91. The van der Waals surface area contributed by atoms with Gasteiger partial charge in [0.2, 0.25) is 0 Å². The molecule has 112 valence electrons. The molecular formula is C18H17NOS2. The van der Waals surface area contributed by atoms with E-state index in [1.165, 1.54) is 21.8 Å². The van der Waals surface area contributed by atoms with Gasteiger partial charge in [0.15, 0.2) is 0 Å². The van der Waals surface area contributed by atoms with Gasteiger partial charge in [0, 0.05) is 16.3 Å². The van der Waals surface area contributed by atoms with Crippen LogP contribution in [-0.4, -0.2) is 12.5 Å². The maximum atomic E-state index is 12.2. The average molecular weight is 327 g/mol. The molecule has 0 bridgehead atoms. The van der Waals surface area contributed by atoms with Gasteiger partial charge in [-0.05, 0) is 48.1 Å². The molecule has 0 fully saturated rings. The van der Waals surface area contributed by atoms with Gasteiger partial charge in [-0.15, -0.1) is 22.7 Å². The SMILES string of the molecule is Cc1ccsc1CCNC(=O)c1ccc(-c2ccccc2)s1. The van der Waals surface area contributed by atoms with Crippen LogP contribution in [0.5, 0.6) is 0 Å². The topological polar surface area (TPSA) is 29.1 Å². The number of amides is 1. The summed E-state index contributed by atoms with van der Waals surface area (Å²) in [6.45, 7) is 2.79. The third kappa shape index (κ3) is 3.46. The van der Waals surface area contributed by atoms with E-state index in [2.05, 4.69) is 35.8 Å². The monoisotopic (exact) mass is 327 g/mol. The summed E-state index contributed by atoms with van der Waals surface area (Å²) in [6.07, 6.45) is 0.895. The summed E-state index contributed by atoms with van der Waals surface area (Å²) in [5.41, 5.74) is 2.46. The van der Waals surface area contributed by atoms with Gasteiger partial charge in [0.1, 0.15) is 0 Å². The lowest BCUT2D eigenvalue weighted by atomic mass is 10.2. The highest BCUT2D eigenvalue weighted by Gasteiger charge is 2.10. The Morgan fingerprint density at radius 1 is 1.09 bits per heavy atom. The van der Waals surface area contributed by atoms with E-state index in [1.807, 2.05) is 30.3 Å². The first-order chi connectivity index (χ1) is 10.7. The average Bonchev–Trinajstić information content (AvgIpc) is 3.18. The molecule has 0 radical (unpaired) electrons. The Bertz CT molecular complexity index is 758. The first-order valence-corrected chi connectivity index (χ1v) is 8.90. The first kappa shape index (κ1) is 15.0. The van der Waals surface area contributed by atoms with Gasteiger partial charge >= 0.3 is 0 Å². The molecule has 0 atom stereocenters. The molecule has 1 aromatic carbocycles. The Labute approximate surface area is 138 Å². The molecule has 1 N–H and O–H groups in total. The van der Waals surface area contributed by atoms with Crippen LogP contribution in [0.15, 0.2) is 53.9 Å². The minimum atomic E-state index is 0.0152. The van der Waals surface area contributed by atoms with Crippen molar-refractivity contribution in [3.8, 4) is 10.4 Å². The minimum absolute atomic E-state index is 0.0152. The number of carbonyl (C=O) groups is 1. The number of carbonyl (C=O) groups excluding carboxylic acids is 1. The fourth-order valence-corrected chi connectivity index (χ4v) is 4.09. The Kier molecular flexibility index (Phi) is 4.71. The van der Waals surface area contributed by atoms with Gasteiger partial charge in [0.25, 0.3) is 5.91 Å². The maximum Gasteiger partial charge on any atom is 0.261 e. The van der Waals surface area contributed by atoms with Crippen molar-refractivity contribution < 1.29 is 4.79 Å². The standard InChI is InChI=1S/C18H17NOS2/c1-13-10-12-21-15(13)9-11-19-18(20)17-8-7-16(22-17)14-5-3-2-4-6-14/h2-8,10,12H,9,11H2,1H3,(H,19,20). The second-order valence-electron chi connectivity index (χ2n) is 5.06. The van der Waals surface area contributed by atoms with Crippen LogP contribution in [0, 0.1) is 6.92 Å². The van der Waals surface area contributed by atoms with Crippen molar-refractivity contribution >= 4 is 28.6 Å². The third-order valence-corrected chi connectivity index (χ3v) is 5.71. The van der Waals surface area contributed by atoms with Crippen molar-refractivity contribution in [2.45, 2.75) is 13.3 Å². The van der Waals surface area contributed by atoms with Gasteiger partial charge in [-0.1, -0.05) is 30.3 Å². The number of thiophene rings is 2. The highest BCUT2D eigenvalue weighted by atomic mass is 32.1. The molecule has 0 aliphatic rings. The summed E-state index contributed by atoms with van der Waals surface area (Å²) in [5.74, 6) is 0.0152. The highest BCUT2D eigenvalue weighted by molar-refractivity contribution is 7.17. The summed E-state index contributed by atoms with van der Waals surface area (Å²) in [6, 6.07) is 16.2. The molecule has 2 nitrogen and oxygen atoms in total. The Morgan fingerprint density at radius 2 is 1.91 bits per heavy atom. The third-order valence-electron chi connectivity index (χ3n) is 3.49. The molecule has 0 unspecified atom stereocenters. The number of aryl methyl sites for hydroxylation is 1. The van der Waals surface area contributed by atoms with Crippen molar-refractivity contribution in [2.75, 3.05) is 6.54 Å². The summed E-state index contributed by atoms with van der Waals surface area (Å²) in [4.78, 5) is 15.4. The number of hydrogen-bond acceptors (Lipinski definition) is 3. The van der Waals surface area contributed by atoms with Crippen LogP contribution in [0.3, 0.4) is 0 Å². The van der Waals surface area contributed by atoms with Crippen LogP contribution in [0.25, 0.3) is 10.4 Å². The molecule has 3 aromatic rings. The number of nitrogens with one attached hydrogen (secondary N) is 1. The minimum Gasteiger partial charge on any atom is -0.351 e. The fourth-order valence-electron chi connectivity index (χ4n) is 2.25. The normalized spacial score (nSPS) is 10.6. The van der Waals surface area contributed by atoms with E-state index in [0.717, 1.165) is 21.7 Å². The van der Waals surface area contributed by atoms with Crippen molar-refractivity contribution in [3.63, 3.8) is 0 Å². The molecule has 0 saturated heterocycles. The second-order valence-corrected chi connectivity index (χ2v) is 7.15. The van der Waals surface area contributed by atoms with Crippen LogP contribution >= 0.6 is 22.7 Å². The fraction of sp³-hybridized carbons (Fsp3) is 0.167. The molecule has 0 aliphatic carbocycles. The molecule has 1 amide bonds. The lowest BCUT2D eigenvalue weighted by Crippen LogP contribution is -2.24. The first-order valence-electron chi connectivity index (χ1n) is 7.20. The summed E-state index contributed by atoms with van der Waals surface area (Å²) in [7, 11) is 0. The van der Waals surface area contributed by atoms with E-state index in [-0.39, 0.29) is 5.91 Å². The predicted molar refractivity (Wildman–Crippen MR) is 94.8 cm³/mol. The molecule has 0 spiro atoms. The summed E-state index contributed by atoms with van der Waals surface area (Å²) in [5, 5.41) is 5.10. The van der Waals surface area contributed by atoms with Crippen LogP contribution < -0.4 is 5.32 Å². The van der Waals surface area contributed by atoms with Gasteiger partial charge < -0.3 is 5.32 Å². The lowest BCUT2D eigenvalue weighted by molar-refractivity contribution is 0.0958. The second kappa shape index (κ2) is 6.90. The molecule has 2 heterocycles. The molecule has 0 aliphatic heterocycles. The zero-order chi connectivity index (χ0) is 15.4. The molecule has 3 rings (SSSR count). The van der Waals surface area contributed by atoms with Gasteiger partial charge in [-0.3, -0.25) is 4.79 Å². The van der Waals surface area contributed by atoms with Gasteiger partial charge in [-0.25, -0.2) is 0 Å². The molecule has 22 heavy (non-hydrogen) atoms. The van der Waals surface area contributed by atoms with Gasteiger partial charge in [0.05, 0.1) is 4.88 Å². The van der Waals surface area contributed by atoms with Gasteiger partial charge in [-0.2, -0.15) is 0 Å². The molecular weight excluding hydrogens is 310 g/mol. The van der Waals surface area contributed by atoms with E-state index in [4.69, 9.17) is 0 Å². The lowest BCUT2D eigenvalue weighted by Gasteiger charge is -2.03. The maximum absolute atomic E-state index is 12.2. The highest BCUT2D eigenvalue weighted by Crippen LogP contribution is 2.27. The van der Waals surface area contributed by atoms with E-state index in [9.17, 15) is 4.79 Å². The van der Waals surface area contributed by atoms with Crippen molar-refractivity contribution in [1.29, 1.82) is 0 Å². The van der Waals surface area contributed by atoms with Crippen LogP contribution in [0.2, 0.25) is 0 Å². The van der Waals surface area contributed by atoms with Crippen molar-refractivity contribution in [1.82, 2.24) is 5.32 Å². The van der Waals surface area contributed by atoms with E-state index >= 15 is 0 Å². The largest absolute Gasteiger partial charge is 0.351 e. The molecule has 2 aromatic heterocycles. The predicted octanol–water partition coefficient (Wildman–Crippen LogP) is 4.76. The molecule has 0 saturated carbocycles. The van der Waals surface area contributed by atoms with Crippen LogP contribution in [0.4, 0.5) is 0 Å². The summed E-state index contributed by atoms with van der Waals surface area (Å²) < 4.78 is 0. The quantitative estimate of drug-likeness (QED) is 0.719. The van der Waals surface area contributed by atoms with Crippen LogP contribution in [0.1, 0.15) is 20.1 Å². The van der Waals surface area contributed by atoms with E-state index in [1.54, 1.807) is 11.3 Å². The molecule has 4 heteroatoms. The Morgan fingerprint density at radius 3 is 2.64 bits per heavy atom. The van der Waals surface area contributed by atoms with Crippen LogP contribution in [-0.2, 0) is 6.42 Å².